The zero-order valence-electron chi connectivity index (χ0n) is 17.1. The number of aliphatic hydroxyl groups is 1. The highest BCUT2D eigenvalue weighted by molar-refractivity contribution is 7.10. The Balaban J connectivity index is 1.30. The zero-order valence-corrected chi connectivity index (χ0v) is 17.9. The molecule has 3 aromatic rings. The van der Waals surface area contributed by atoms with Gasteiger partial charge in [0.1, 0.15) is 5.76 Å². The Morgan fingerprint density at radius 3 is 2.78 bits per heavy atom. The van der Waals surface area contributed by atoms with E-state index >= 15 is 0 Å². The Hall–Kier alpha value is -3.43. The normalized spacial score (nSPS) is 16.4. The Labute approximate surface area is 187 Å². The van der Waals surface area contributed by atoms with Crippen molar-refractivity contribution < 1.29 is 23.9 Å². The van der Waals surface area contributed by atoms with E-state index in [1.807, 2.05) is 11.4 Å². The van der Waals surface area contributed by atoms with Crippen LogP contribution in [0, 0.1) is 0 Å². The molecular formula is C23H21N3O5S. The van der Waals surface area contributed by atoms with Crippen LogP contribution in [0.15, 0.2) is 52.5 Å². The van der Waals surface area contributed by atoms with Gasteiger partial charge in [0.2, 0.25) is 5.91 Å². The molecule has 0 saturated heterocycles. The van der Waals surface area contributed by atoms with Crippen LogP contribution in [0.4, 0.5) is 11.4 Å². The minimum Gasteiger partial charge on any atom is -0.466 e. The molecule has 1 aromatic carbocycles. The van der Waals surface area contributed by atoms with Gasteiger partial charge in [0.15, 0.2) is 5.60 Å². The van der Waals surface area contributed by atoms with Gasteiger partial charge in [-0.05, 0) is 59.7 Å². The molecule has 1 atom stereocenters. The summed E-state index contributed by atoms with van der Waals surface area (Å²) in [4.78, 5) is 39.6. The second-order valence-electron chi connectivity index (χ2n) is 7.92. The lowest BCUT2D eigenvalue weighted by atomic mass is 9.98. The fraction of sp³-hybridized carbons (Fsp3) is 0.261. The van der Waals surface area contributed by atoms with E-state index in [4.69, 9.17) is 4.42 Å². The highest BCUT2D eigenvalue weighted by Crippen LogP contribution is 2.39. The number of aryl methyl sites for hydroxylation is 1. The number of carbonyl (C=O) groups is 3. The van der Waals surface area contributed by atoms with Gasteiger partial charge in [-0.1, -0.05) is 6.07 Å². The van der Waals surface area contributed by atoms with Gasteiger partial charge in [0, 0.05) is 17.1 Å². The van der Waals surface area contributed by atoms with Crippen molar-refractivity contribution in [3.63, 3.8) is 0 Å². The van der Waals surface area contributed by atoms with Crippen LogP contribution in [0.5, 0.6) is 0 Å². The van der Waals surface area contributed by atoms with E-state index in [0.29, 0.717) is 17.0 Å². The van der Waals surface area contributed by atoms with Gasteiger partial charge in [-0.3, -0.25) is 14.4 Å². The first-order chi connectivity index (χ1) is 15.5. The smallest absolute Gasteiger partial charge is 0.313 e. The van der Waals surface area contributed by atoms with E-state index in [9.17, 15) is 19.5 Å². The number of rotatable bonds is 5. The van der Waals surface area contributed by atoms with Crippen LogP contribution in [0.3, 0.4) is 0 Å². The van der Waals surface area contributed by atoms with Crippen LogP contribution in [-0.4, -0.2) is 35.9 Å². The third-order valence-electron chi connectivity index (χ3n) is 5.83. The number of carbonyl (C=O) groups excluding carboxylic acids is 3. The second kappa shape index (κ2) is 7.92. The van der Waals surface area contributed by atoms with Crippen LogP contribution in [-0.2, 0) is 32.8 Å². The summed E-state index contributed by atoms with van der Waals surface area (Å²) >= 11 is 1.32. The lowest BCUT2D eigenvalue weighted by molar-refractivity contribution is -0.136. The van der Waals surface area contributed by atoms with Crippen molar-refractivity contribution in [1.82, 2.24) is 5.32 Å². The van der Waals surface area contributed by atoms with E-state index < -0.39 is 17.4 Å². The van der Waals surface area contributed by atoms with Crippen LogP contribution in [0.2, 0.25) is 0 Å². The first kappa shape index (κ1) is 20.5. The zero-order chi connectivity index (χ0) is 22.3. The molecule has 3 N–H and O–H groups in total. The Kier molecular flexibility index (Phi) is 5.07. The molecule has 3 amide bonds. The number of benzene rings is 1. The number of nitrogens with one attached hydrogen (secondary N) is 2. The summed E-state index contributed by atoms with van der Waals surface area (Å²) in [5, 5.41) is 18.2. The molecule has 2 aliphatic rings. The maximum atomic E-state index is 12.5. The summed E-state index contributed by atoms with van der Waals surface area (Å²) in [5.74, 6) is -1.39. The number of amides is 3. The largest absolute Gasteiger partial charge is 0.466 e. The first-order valence-corrected chi connectivity index (χ1v) is 11.2. The Bertz CT molecular complexity index is 1150. The lowest BCUT2D eigenvalue weighted by Crippen LogP contribution is -2.44. The highest BCUT2D eigenvalue weighted by atomic mass is 32.1. The third kappa shape index (κ3) is 3.49. The van der Waals surface area contributed by atoms with E-state index in [0.717, 1.165) is 36.2 Å². The quantitative estimate of drug-likeness (QED) is 0.515. The van der Waals surface area contributed by atoms with Crippen molar-refractivity contribution in [3.05, 3.63) is 69.8 Å². The van der Waals surface area contributed by atoms with Crippen molar-refractivity contribution in [2.75, 3.05) is 23.3 Å². The fourth-order valence-electron chi connectivity index (χ4n) is 4.35. The van der Waals surface area contributed by atoms with Crippen LogP contribution >= 0.6 is 11.3 Å². The van der Waals surface area contributed by atoms with Gasteiger partial charge in [-0.25, -0.2) is 0 Å². The van der Waals surface area contributed by atoms with Crippen LogP contribution in [0.25, 0.3) is 0 Å². The molecule has 0 saturated carbocycles. The predicted molar refractivity (Wildman–Crippen MR) is 118 cm³/mol. The summed E-state index contributed by atoms with van der Waals surface area (Å²) in [6, 6.07) is 10.4. The number of hydrogen-bond donors (Lipinski definition) is 3. The monoisotopic (exact) mass is 451 g/mol. The molecule has 2 aromatic heterocycles. The predicted octanol–water partition coefficient (Wildman–Crippen LogP) is 2.17. The summed E-state index contributed by atoms with van der Waals surface area (Å²) in [7, 11) is 0. The number of anilines is 2. The van der Waals surface area contributed by atoms with Crippen molar-refractivity contribution >= 4 is 40.4 Å². The topological polar surface area (TPSA) is 112 Å². The standard InChI is InChI=1S/C23H21N3O5S/c27-19-12-15-11-16(10-14-4-1-7-26(19)20(14)15)25-22(29)21(28)24-13-23(30,17-5-2-8-31-17)18-6-3-9-32-18/h2-3,5-6,8-11,30H,1,4,7,12-13H2,(H,24,28)(H,25,29). The molecule has 164 valence electrons. The molecule has 32 heavy (non-hydrogen) atoms. The van der Waals surface area contributed by atoms with Gasteiger partial charge in [-0.2, -0.15) is 0 Å². The SMILES string of the molecule is O=C(NCC(O)(c1ccco1)c1cccs1)C(=O)Nc1cc2c3c(c1)CC(=O)N3CCC2. The minimum atomic E-state index is -1.59. The number of thiophene rings is 1. The van der Waals surface area contributed by atoms with Gasteiger partial charge in [0.05, 0.1) is 24.9 Å². The lowest BCUT2D eigenvalue weighted by Gasteiger charge is -2.26. The van der Waals surface area contributed by atoms with Crippen LogP contribution in [0.1, 0.15) is 28.2 Å². The summed E-state index contributed by atoms with van der Waals surface area (Å²) in [6.45, 7) is 0.488. The fourth-order valence-corrected chi connectivity index (χ4v) is 5.18. The average Bonchev–Trinajstić information content (AvgIpc) is 3.55. The minimum absolute atomic E-state index is 0.0629. The van der Waals surface area contributed by atoms with Gasteiger partial charge >= 0.3 is 11.8 Å². The third-order valence-corrected chi connectivity index (χ3v) is 6.86. The molecule has 0 bridgehead atoms. The number of furan rings is 1. The molecule has 9 heteroatoms. The molecule has 0 fully saturated rings. The molecule has 4 heterocycles. The summed E-state index contributed by atoms with van der Waals surface area (Å²) in [5.41, 5.74) is 1.71. The first-order valence-electron chi connectivity index (χ1n) is 10.3. The van der Waals surface area contributed by atoms with E-state index in [2.05, 4.69) is 10.6 Å². The van der Waals surface area contributed by atoms with Crippen molar-refractivity contribution in [3.8, 4) is 0 Å². The molecule has 5 rings (SSSR count). The van der Waals surface area contributed by atoms with E-state index in [1.165, 1.54) is 17.6 Å². The van der Waals surface area contributed by atoms with Crippen LogP contribution < -0.4 is 15.5 Å². The number of hydrogen-bond acceptors (Lipinski definition) is 6. The van der Waals surface area contributed by atoms with Gasteiger partial charge in [0.25, 0.3) is 0 Å². The highest BCUT2D eigenvalue weighted by Gasteiger charge is 2.37. The Morgan fingerprint density at radius 2 is 2.03 bits per heavy atom. The maximum Gasteiger partial charge on any atom is 0.313 e. The molecule has 0 aliphatic carbocycles. The molecule has 1 unspecified atom stereocenters. The van der Waals surface area contributed by atoms with Crippen molar-refractivity contribution in [2.24, 2.45) is 0 Å². The molecule has 0 radical (unpaired) electrons. The second-order valence-corrected chi connectivity index (χ2v) is 8.87. The Morgan fingerprint density at radius 1 is 1.19 bits per heavy atom. The summed E-state index contributed by atoms with van der Waals surface area (Å²) < 4.78 is 5.38. The average molecular weight is 452 g/mol. The summed E-state index contributed by atoms with van der Waals surface area (Å²) in [6.07, 6.45) is 3.42. The van der Waals surface area contributed by atoms with Crippen molar-refractivity contribution in [1.29, 1.82) is 0 Å². The van der Waals surface area contributed by atoms with Gasteiger partial charge in [-0.15, -0.1) is 11.3 Å². The molecule has 0 spiro atoms. The van der Waals surface area contributed by atoms with Gasteiger partial charge < -0.3 is 25.1 Å². The van der Waals surface area contributed by atoms with E-state index in [-0.39, 0.29) is 18.2 Å². The maximum absolute atomic E-state index is 12.5. The molecule has 8 nitrogen and oxygen atoms in total. The number of nitrogens with zero attached hydrogens (tertiary/aromatic N) is 1. The van der Waals surface area contributed by atoms with Crippen molar-refractivity contribution in [2.45, 2.75) is 24.9 Å². The molecule has 2 aliphatic heterocycles. The molecular weight excluding hydrogens is 430 g/mol. The van der Waals surface area contributed by atoms with E-state index in [1.54, 1.807) is 35.2 Å².